The summed E-state index contributed by atoms with van der Waals surface area (Å²) in [5, 5.41) is 43.8. The van der Waals surface area contributed by atoms with Gasteiger partial charge in [0.15, 0.2) is 22.3 Å². The number of hydrogen-bond acceptors (Lipinski definition) is 23. The number of carboxylic acids is 1. The summed E-state index contributed by atoms with van der Waals surface area (Å²) in [6.07, 6.45) is -0.100. The number of nitrogens with zero attached hydrogens (tertiary/aromatic N) is 4. The van der Waals surface area contributed by atoms with E-state index in [0.29, 0.717) is 66.5 Å². The van der Waals surface area contributed by atoms with E-state index in [1.807, 2.05) is 12.1 Å². The molecule has 5 aromatic heterocycles. The zero-order chi connectivity index (χ0) is 54.9. The van der Waals surface area contributed by atoms with Gasteiger partial charge < -0.3 is 48.6 Å². The molecule has 402 valence electrons. The first-order chi connectivity index (χ1) is 34.7. The van der Waals surface area contributed by atoms with Gasteiger partial charge in [-0.25, -0.2) is 41.1 Å². The van der Waals surface area contributed by atoms with Crippen molar-refractivity contribution >= 4 is 140 Å². The van der Waals surface area contributed by atoms with E-state index in [-0.39, 0.29) is 65.1 Å². The van der Waals surface area contributed by atoms with Crippen LogP contribution in [-0.4, -0.2) is 71.8 Å². The van der Waals surface area contributed by atoms with Gasteiger partial charge in [-0.15, -0.1) is 0 Å². The second-order valence-corrected chi connectivity index (χ2v) is 26.5. The van der Waals surface area contributed by atoms with E-state index in [1.165, 1.54) is 0 Å². The quantitative estimate of drug-likeness (QED) is 0.0267. The van der Waals surface area contributed by atoms with Crippen molar-refractivity contribution < 1.29 is 107 Å². The fraction of sp³-hybridized carbons (Fsp3) is 0.0952. The normalized spacial score (nSPS) is 10.9. The summed E-state index contributed by atoms with van der Waals surface area (Å²) in [7, 11) is -6.35. The van der Waals surface area contributed by atoms with Crippen LogP contribution in [0.2, 0.25) is 0 Å². The maximum Gasteiger partial charge on any atom is 1.00 e. The molecule has 0 unspecified atom stereocenters. The van der Waals surface area contributed by atoms with Crippen LogP contribution in [0.1, 0.15) is 22.8 Å². The molecule has 0 bridgehead atoms. The van der Waals surface area contributed by atoms with E-state index in [1.54, 1.807) is 109 Å². The summed E-state index contributed by atoms with van der Waals surface area (Å²) in [4.78, 5) is 21.2. The van der Waals surface area contributed by atoms with Crippen molar-refractivity contribution in [2.75, 3.05) is 0 Å². The molecule has 76 heavy (non-hydrogen) atoms. The van der Waals surface area contributed by atoms with Gasteiger partial charge in [0, 0.05) is 32.2 Å². The fourth-order valence-corrected chi connectivity index (χ4v) is 7.93. The van der Waals surface area contributed by atoms with Crippen LogP contribution in [0.4, 0.5) is 0 Å². The molecule has 0 saturated heterocycles. The average Bonchev–Trinajstić information content (AvgIpc) is 4.12. The Morgan fingerprint density at radius 2 is 0.882 bits per heavy atom. The molecule has 0 spiro atoms. The Bertz CT molecular complexity index is 3700. The summed E-state index contributed by atoms with van der Waals surface area (Å²) in [5.74, 6) is 1.31. The van der Waals surface area contributed by atoms with Crippen LogP contribution >= 0.6 is 49.6 Å². The van der Waals surface area contributed by atoms with E-state index in [2.05, 4.69) is 60.2 Å². The third-order valence-corrected chi connectivity index (χ3v) is 11.0. The minimum absolute atomic E-state index is 0. The van der Waals surface area contributed by atoms with Crippen LogP contribution in [0.15, 0.2) is 155 Å². The summed E-state index contributed by atoms with van der Waals surface area (Å²) in [6.45, 7) is 0. The number of nitrogens with two attached hydrogens (primary N) is 2. The number of aromatic nitrogens is 4. The smallest absolute Gasteiger partial charge is 0.748 e. The number of para-hydroxylation sites is 5. The minimum atomic E-state index is -4.31. The Balaban J connectivity index is 0.000000313. The van der Waals surface area contributed by atoms with Crippen molar-refractivity contribution in [1.82, 2.24) is 26.8 Å². The van der Waals surface area contributed by atoms with Gasteiger partial charge >= 0.3 is 46.4 Å². The molecule has 0 fully saturated rings. The predicted molar refractivity (Wildman–Crippen MR) is 276 cm³/mol. The monoisotopic (exact) mass is 1220 g/mol. The van der Waals surface area contributed by atoms with E-state index < -0.39 is 51.7 Å². The van der Waals surface area contributed by atoms with Crippen molar-refractivity contribution in [1.29, 1.82) is 0 Å². The number of hydrogen-bond donors (Lipinski definition) is 6. The molecule has 0 amide bonds. The number of halogens is 4. The molecule has 5 heterocycles. The number of aromatic hydroxyl groups is 1. The van der Waals surface area contributed by atoms with Gasteiger partial charge in [-0.2, -0.15) is 0 Å². The maximum absolute atomic E-state index is 10.8. The predicted octanol–water partition coefficient (Wildman–Crippen LogP) is 5.65. The molecule has 0 atom stereocenters. The van der Waals surface area contributed by atoms with Gasteiger partial charge in [0.05, 0.1) is 23.6 Å². The van der Waals surface area contributed by atoms with Crippen molar-refractivity contribution in [3.8, 4) is 5.75 Å². The Morgan fingerprint density at radius 3 is 1.22 bits per heavy atom. The van der Waals surface area contributed by atoms with Gasteiger partial charge in [-0.3, -0.25) is 9.36 Å². The third kappa shape index (κ3) is 23.0. The first kappa shape index (κ1) is 66.6. The van der Waals surface area contributed by atoms with Crippen LogP contribution in [0.5, 0.6) is 5.75 Å². The minimum Gasteiger partial charge on any atom is -0.748 e. The van der Waals surface area contributed by atoms with Crippen molar-refractivity contribution in [2.24, 2.45) is 11.0 Å². The van der Waals surface area contributed by atoms with Gasteiger partial charge in [0.2, 0.25) is 19.1 Å². The molecule has 0 saturated carbocycles. The summed E-state index contributed by atoms with van der Waals surface area (Å²) >= 11 is 13.8. The zero-order valence-electron chi connectivity index (χ0n) is 38.8. The summed E-state index contributed by atoms with van der Waals surface area (Å²) in [5.41, 5.74) is 3.42. The van der Waals surface area contributed by atoms with Crippen LogP contribution < -0.4 is 52.4 Å². The molecule has 10 rings (SSSR count). The average molecular weight is 1220 g/mol. The van der Waals surface area contributed by atoms with Crippen LogP contribution in [-0.2, 0) is 62.2 Å². The van der Waals surface area contributed by atoms with Crippen molar-refractivity contribution in [2.45, 2.75) is 23.7 Å². The number of carboxylic acid groups (broad SMARTS) is 1. The molecular weight excluding hydrogens is 1180 g/mol. The molecule has 10 aromatic rings. The number of carbonyl (C=O) groups is 1. The molecule has 10 N–H and O–H groups in total. The Morgan fingerprint density at radius 1 is 0.579 bits per heavy atom. The standard InChI is InChI=1S/C9H7NO3.C9H6O3.C8H6ClNO3S.C8H8N2O3S.C8H7NO4S.Cl3OP.H3NO.H3N.Na/c11-9(12)5-7-6-3-1-2-4-8(6)13-10-7;10-7-5-9(11)12-8-4-2-1-3-6(7)8;2*9-14(11,12)5-7-6-3-1-2-4-8(6)13-10-7;10-14(11,12)5-7-6-3-1-2-4-8(6)13-9-7;1-5(2,3)4;1-2;;/h1-4H,5H2,(H,11,12);1-5,10H;1-4H,5H2;1-4H,5H2,(H2,9,11,12);1-4H,5H2,(H,10,11,12);;2H,1H2;1H3;/q;;;;;;;;+1/p-1. The zero-order valence-corrected chi connectivity index (χ0v) is 47.1. The van der Waals surface area contributed by atoms with E-state index in [9.17, 15) is 49.1 Å². The van der Waals surface area contributed by atoms with Crippen LogP contribution in [0.3, 0.4) is 0 Å². The first-order valence-electron chi connectivity index (χ1n) is 19.8. The molecular formula is C42H39Cl4N7NaO18PS3. The number of sulfonamides is 1. The number of rotatable bonds is 8. The number of fused-ring (bicyclic) bond motifs is 5. The second kappa shape index (κ2) is 30.4. The summed E-state index contributed by atoms with van der Waals surface area (Å²) < 4.78 is 109. The topological polar surface area (TPSA) is 442 Å². The van der Waals surface area contributed by atoms with Gasteiger partial charge in [0.1, 0.15) is 55.7 Å². The molecule has 0 aliphatic heterocycles. The van der Waals surface area contributed by atoms with E-state index >= 15 is 0 Å². The largest absolute Gasteiger partial charge is 1.00 e. The Hall–Kier alpha value is -5.50. The maximum atomic E-state index is 10.8. The molecule has 0 radical (unpaired) electrons. The van der Waals surface area contributed by atoms with Crippen molar-refractivity contribution in [3.63, 3.8) is 0 Å². The van der Waals surface area contributed by atoms with Gasteiger partial charge in [-0.05, 0) is 94.4 Å². The van der Waals surface area contributed by atoms with Crippen LogP contribution in [0, 0.1) is 0 Å². The van der Waals surface area contributed by atoms with E-state index in [0.717, 1.165) is 11.5 Å². The van der Waals surface area contributed by atoms with Crippen molar-refractivity contribution in [3.05, 3.63) is 161 Å². The van der Waals surface area contributed by atoms with Gasteiger partial charge in [-0.1, -0.05) is 81.3 Å². The van der Waals surface area contributed by atoms with Gasteiger partial charge in [0.25, 0.3) is 0 Å². The Kier molecular flexibility index (Phi) is 26.7. The SMILES string of the molecule is N.NO.NS(=O)(=O)Cc1noc2ccccc12.O=C(O)Cc1noc2ccccc12.O=P(Cl)(Cl)Cl.O=S(=O)(Cl)Cc1noc2ccccc12.O=S(=O)([O-])Cc1noc2ccccc12.O=c1cc(O)c2ccccc2o1.[Na+]. The number of aliphatic carboxylic acids is 1. The number of primary sulfonamides is 1. The summed E-state index contributed by atoms with van der Waals surface area (Å²) in [6, 6.07) is 35.9. The number of benzene rings is 5. The molecule has 0 aliphatic carbocycles. The third-order valence-electron chi connectivity index (χ3n) is 8.72. The molecule has 34 heteroatoms. The molecule has 25 nitrogen and oxygen atoms in total. The van der Waals surface area contributed by atoms with Crippen LogP contribution in [0.25, 0.3) is 54.8 Å². The first-order valence-corrected chi connectivity index (χ1v) is 30.0. The second-order valence-electron chi connectivity index (χ2n) is 14.1. The molecule has 5 aromatic carbocycles. The van der Waals surface area contributed by atoms with E-state index in [4.69, 9.17) is 48.6 Å². The fourth-order valence-electron chi connectivity index (χ4n) is 5.95. The molecule has 0 aliphatic rings. The Labute approximate surface area is 470 Å².